The summed E-state index contributed by atoms with van der Waals surface area (Å²) in [5.74, 6) is 2.24. The molecule has 0 spiro atoms. The normalized spacial score (nSPS) is 16.4. The lowest BCUT2D eigenvalue weighted by Crippen LogP contribution is -2.39. The lowest BCUT2D eigenvalue weighted by molar-refractivity contribution is -0.132. The lowest BCUT2D eigenvalue weighted by Gasteiger charge is -2.31. The third-order valence-electron chi connectivity index (χ3n) is 4.07. The molecule has 6 heteroatoms. The van der Waals surface area contributed by atoms with Crippen LogP contribution in [0, 0.1) is 5.92 Å². The molecule has 1 aromatic rings. The number of rotatable bonds is 7. The molecule has 118 valence electrons. The van der Waals surface area contributed by atoms with Crippen LogP contribution in [0.25, 0.3) is 0 Å². The molecule has 21 heavy (non-hydrogen) atoms. The van der Waals surface area contributed by atoms with Crippen molar-refractivity contribution in [1.29, 1.82) is 0 Å². The second kappa shape index (κ2) is 8.12. The summed E-state index contributed by atoms with van der Waals surface area (Å²) in [5.41, 5.74) is 5.67. The number of likely N-dealkylation sites (tertiary alicyclic amines) is 1. The first-order chi connectivity index (χ1) is 10.2. The fraction of sp³-hybridized carbons (Fsp3) is 0.800. The van der Waals surface area contributed by atoms with Crippen LogP contribution in [0.3, 0.4) is 0 Å². The van der Waals surface area contributed by atoms with Gasteiger partial charge >= 0.3 is 0 Å². The maximum atomic E-state index is 12.1. The van der Waals surface area contributed by atoms with E-state index in [1.54, 1.807) is 0 Å². The number of hydrogen-bond acceptors (Lipinski definition) is 5. The molecule has 2 N–H and O–H groups in total. The molecule has 1 amide bonds. The third-order valence-corrected chi connectivity index (χ3v) is 4.07. The Morgan fingerprint density at radius 1 is 1.38 bits per heavy atom. The number of carbonyl (C=O) groups excluding carboxylic acids is 1. The molecule has 1 saturated heterocycles. The molecule has 0 aromatic carbocycles. The highest BCUT2D eigenvalue weighted by atomic mass is 16.5. The van der Waals surface area contributed by atoms with E-state index in [1.807, 2.05) is 4.90 Å². The summed E-state index contributed by atoms with van der Waals surface area (Å²) in [4.78, 5) is 18.4. The van der Waals surface area contributed by atoms with Crippen molar-refractivity contribution in [2.24, 2.45) is 11.7 Å². The van der Waals surface area contributed by atoms with Crippen molar-refractivity contribution in [2.45, 2.75) is 51.9 Å². The van der Waals surface area contributed by atoms with Crippen LogP contribution in [0.2, 0.25) is 0 Å². The quantitative estimate of drug-likeness (QED) is 0.824. The Morgan fingerprint density at radius 3 is 2.81 bits per heavy atom. The second-order valence-electron chi connectivity index (χ2n) is 5.77. The van der Waals surface area contributed by atoms with Gasteiger partial charge in [0.2, 0.25) is 11.8 Å². The molecule has 1 aliphatic rings. The molecule has 0 bridgehead atoms. The summed E-state index contributed by atoms with van der Waals surface area (Å²) in [6.07, 6.45) is 5.93. The number of aromatic nitrogens is 2. The minimum atomic E-state index is 0.235. The molecule has 2 heterocycles. The van der Waals surface area contributed by atoms with E-state index in [9.17, 15) is 4.79 Å². The van der Waals surface area contributed by atoms with Gasteiger partial charge in [-0.2, -0.15) is 4.98 Å². The Morgan fingerprint density at radius 2 is 2.14 bits per heavy atom. The van der Waals surface area contributed by atoms with Crippen molar-refractivity contribution in [2.75, 3.05) is 19.6 Å². The van der Waals surface area contributed by atoms with Crippen LogP contribution >= 0.6 is 0 Å². The van der Waals surface area contributed by atoms with Gasteiger partial charge in [-0.1, -0.05) is 12.1 Å². The standard InChI is InChI=1S/C15H26N4O2/c1-2-4-13-17-14(21-18-13)5-3-6-15(20)19-9-7-12(11-16)8-10-19/h12H,2-11,16H2,1H3. The average molecular weight is 294 g/mol. The van der Waals surface area contributed by atoms with Gasteiger partial charge in [-0.3, -0.25) is 4.79 Å². The van der Waals surface area contributed by atoms with E-state index in [-0.39, 0.29) is 5.91 Å². The SMILES string of the molecule is CCCc1noc(CCCC(=O)N2CCC(CN)CC2)n1. The van der Waals surface area contributed by atoms with E-state index >= 15 is 0 Å². The molecule has 0 aliphatic carbocycles. The van der Waals surface area contributed by atoms with Crippen molar-refractivity contribution in [3.8, 4) is 0 Å². The Balaban J connectivity index is 1.67. The number of nitrogens with zero attached hydrogens (tertiary/aromatic N) is 3. The van der Waals surface area contributed by atoms with Gasteiger partial charge in [-0.25, -0.2) is 0 Å². The molecule has 0 unspecified atom stereocenters. The summed E-state index contributed by atoms with van der Waals surface area (Å²) in [6.45, 7) is 4.52. The Labute approximate surface area is 126 Å². The zero-order valence-electron chi connectivity index (χ0n) is 12.9. The van der Waals surface area contributed by atoms with E-state index < -0.39 is 0 Å². The van der Waals surface area contributed by atoms with Crippen LogP contribution in [-0.2, 0) is 17.6 Å². The van der Waals surface area contributed by atoms with Gasteiger partial charge in [0.25, 0.3) is 0 Å². The monoisotopic (exact) mass is 294 g/mol. The van der Waals surface area contributed by atoms with Gasteiger partial charge in [-0.05, 0) is 38.1 Å². The zero-order chi connectivity index (χ0) is 15.1. The summed E-state index contributed by atoms with van der Waals surface area (Å²) in [6, 6.07) is 0. The summed E-state index contributed by atoms with van der Waals surface area (Å²) >= 11 is 0. The number of amides is 1. The van der Waals surface area contributed by atoms with Gasteiger partial charge in [0, 0.05) is 32.4 Å². The van der Waals surface area contributed by atoms with Gasteiger partial charge in [0.15, 0.2) is 5.82 Å². The number of carbonyl (C=O) groups is 1. The van der Waals surface area contributed by atoms with Gasteiger partial charge in [0.1, 0.15) is 0 Å². The van der Waals surface area contributed by atoms with Crippen LogP contribution in [-0.4, -0.2) is 40.6 Å². The van der Waals surface area contributed by atoms with Crippen LogP contribution in [0.4, 0.5) is 0 Å². The van der Waals surface area contributed by atoms with Crippen molar-refractivity contribution in [3.63, 3.8) is 0 Å². The maximum absolute atomic E-state index is 12.1. The highest BCUT2D eigenvalue weighted by molar-refractivity contribution is 5.76. The molecule has 2 rings (SSSR count). The molecule has 1 aliphatic heterocycles. The van der Waals surface area contributed by atoms with Crippen LogP contribution in [0.15, 0.2) is 4.52 Å². The van der Waals surface area contributed by atoms with Crippen LogP contribution in [0.5, 0.6) is 0 Å². The largest absolute Gasteiger partial charge is 0.343 e. The zero-order valence-corrected chi connectivity index (χ0v) is 12.9. The second-order valence-corrected chi connectivity index (χ2v) is 5.77. The highest BCUT2D eigenvalue weighted by Crippen LogP contribution is 2.17. The van der Waals surface area contributed by atoms with Crippen molar-refractivity contribution in [3.05, 3.63) is 11.7 Å². The molecular weight excluding hydrogens is 268 g/mol. The van der Waals surface area contributed by atoms with Gasteiger partial charge < -0.3 is 15.2 Å². The number of piperidine rings is 1. The number of hydrogen-bond donors (Lipinski definition) is 1. The first-order valence-corrected chi connectivity index (χ1v) is 8.02. The Bertz CT molecular complexity index is 439. The van der Waals surface area contributed by atoms with Gasteiger partial charge in [0.05, 0.1) is 0 Å². The van der Waals surface area contributed by atoms with Gasteiger partial charge in [-0.15, -0.1) is 0 Å². The van der Waals surface area contributed by atoms with Crippen LogP contribution < -0.4 is 5.73 Å². The molecule has 6 nitrogen and oxygen atoms in total. The molecule has 1 fully saturated rings. The first kappa shape index (κ1) is 15.9. The topological polar surface area (TPSA) is 85.2 Å². The first-order valence-electron chi connectivity index (χ1n) is 8.02. The van der Waals surface area contributed by atoms with E-state index in [0.717, 1.165) is 57.6 Å². The number of aryl methyl sites for hydroxylation is 2. The lowest BCUT2D eigenvalue weighted by atomic mass is 9.97. The van der Waals surface area contributed by atoms with Crippen molar-refractivity contribution >= 4 is 5.91 Å². The molecule has 1 aromatic heterocycles. The average Bonchev–Trinajstić information content (AvgIpc) is 2.95. The molecular formula is C15H26N4O2. The van der Waals surface area contributed by atoms with Crippen molar-refractivity contribution in [1.82, 2.24) is 15.0 Å². The minimum Gasteiger partial charge on any atom is -0.343 e. The smallest absolute Gasteiger partial charge is 0.226 e. The summed E-state index contributed by atoms with van der Waals surface area (Å²) in [5, 5.41) is 3.92. The maximum Gasteiger partial charge on any atom is 0.226 e. The Kier molecular flexibility index (Phi) is 6.17. The van der Waals surface area contributed by atoms with E-state index in [4.69, 9.17) is 10.3 Å². The Hall–Kier alpha value is -1.43. The summed E-state index contributed by atoms with van der Waals surface area (Å²) in [7, 11) is 0. The van der Waals surface area contributed by atoms with E-state index in [0.29, 0.717) is 24.7 Å². The molecule has 0 radical (unpaired) electrons. The van der Waals surface area contributed by atoms with E-state index in [1.165, 1.54) is 0 Å². The number of nitrogens with two attached hydrogens (primary N) is 1. The van der Waals surface area contributed by atoms with E-state index in [2.05, 4.69) is 17.1 Å². The third kappa shape index (κ3) is 4.81. The highest BCUT2D eigenvalue weighted by Gasteiger charge is 2.21. The summed E-state index contributed by atoms with van der Waals surface area (Å²) < 4.78 is 5.17. The molecule has 0 saturated carbocycles. The minimum absolute atomic E-state index is 0.235. The fourth-order valence-electron chi connectivity index (χ4n) is 2.68. The van der Waals surface area contributed by atoms with Crippen LogP contribution in [0.1, 0.15) is 50.7 Å². The predicted octanol–water partition coefficient (Wildman–Crippen LogP) is 1.54. The fourth-order valence-corrected chi connectivity index (χ4v) is 2.68. The van der Waals surface area contributed by atoms with Crippen molar-refractivity contribution < 1.29 is 9.32 Å². The predicted molar refractivity (Wildman–Crippen MR) is 79.6 cm³/mol. The molecule has 0 atom stereocenters.